The Kier molecular flexibility index (Phi) is 3.64. The number of halogens is 1. The molecule has 3 aromatic rings. The lowest BCUT2D eigenvalue weighted by Gasteiger charge is -2.02. The molecule has 21 heavy (non-hydrogen) atoms. The molecule has 0 aliphatic carbocycles. The summed E-state index contributed by atoms with van der Waals surface area (Å²) in [6.07, 6.45) is 0. The maximum atomic E-state index is 12.9. The van der Waals surface area contributed by atoms with Gasteiger partial charge in [-0.15, -0.1) is 0 Å². The molecule has 0 saturated carbocycles. The number of aryl methyl sites for hydroxylation is 1. The van der Waals surface area contributed by atoms with Crippen LogP contribution in [-0.4, -0.2) is 10.1 Å². The SMILES string of the molecule is Cc1ccc(OCc2nc(-c3ccc(F)cc3)no2)cc1. The van der Waals surface area contributed by atoms with Crippen LogP contribution in [-0.2, 0) is 6.61 Å². The van der Waals surface area contributed by atoms with Crippen LogP contribution >= 0.6 is 0 Å². The van der Waals surface area contributed by atoms with Crippen LogP contribution in [0.5, 0.6) is 5.75 Å². The third-order valence-electron chi connectivity index (χ3n) is 2.95. The monoisotopic (exact) mass is 284 g/mol. The first kappa shape index (κ1) is 13.3. The van der Waals surface area contributed by atoms with Gasteiger partial charge in [0, 0.05) is 5.56 Å². The highest BCUT2D eigenvalue weighted by Gasteiger charge is 2.09. The van der Waals surface area contributed by atoms with Crippen LogP contribution in [0.3, 0.4) is 0 Å². The summed E-state index contributed by atoms with van der Waals surface area (Å²) in [5, 5.41) is 3.85. The average Bonchev–Trinajstić information content (AvgIpc) is 2.96. The summed E-state index contributed by atoms with van der Waals surface area (Å²) in [6, 6.07) is 13.6. The molecule has 0 unspecified atom stereocenters. The van der Waals surface area contributed by atoms with E-state index in [1.807, 2.05) is 31.2 Å². The molecule has 0 radical (unpaired) electrons. The molecular weight excluding hydrogens is 271 g/mol. The zero-order chi connectivity index (χ0) is 14.7. The summed E-state index contributed by atoms with van der Waals surface area (Å²) < 4.78 is 23.5. The fraction of sp³-hybridized carbons (Fsp3) is 0.125. The van der Waals surface area contributed by atoms with Gasteiger partial charge in [0.1, 0.15) is 11.6 Å². The Hall–Kier alpha value is -2.69. The number of nitrogens with zero attached hydrogens (tertiary/aromatic N) is 2. The molecule has 3 rings (SSSR count). The van der Waals surface area contributed by atoms with E-state index in [1.165, 1.54) is 17.7 Å². The molecule has 0 amide bonds. The van der Waals surface area contributed by atoms with E-state index in [4.69, 9.17) is 9.26 Å². The fourth-order valence-electron chi connectivity index (χ4n) is 1.81. The van der Waals surface area contributed by atoms with E-state index >= 15 is 0 Å². The number of aromatic nitrogens is 2. The van der Waals surface area contributed by atoms with Crippen LogP contribution in [0.1, 0.15) is 11.5 Å². The third-order valence-corrected chi connectivity index (χ3v) is 2.95. The number of hydrogen-bond acceptors (Lipinski definition) is 4. The number of ether oxygens (including phenoxy) is 1. The summed E-state index contributed by atoms with van der Waals surface area (Å²) in [5.74, 6) is 1.22. The maximum Gasteiger partial charge on any atom is 0.264 e. The molecule has 0 spiro atoms. The molecule has 0 N–H and O–H groups in total. The Labute approximate surface area is 121 Å². The van der Waals surface area contributed by atoms with Crippen molar-refractivity contribution in [2.24, 2.45) is 0 Å². The molecule has 0 saturated heterocycles. The molecule has 1 aromatic heterocycles. The van der Waals surface area contributed by atoms with E-state index in [-0.39, 0.29) is 12.4 Å². The van der Waals surface area contributed by atoms with Crippen LogP contribution in [0.25, 0.3) is 11.4 Å². The molecule has 0 aliphatic heterocycles. The van der Waals surface area contributed by atoms with Crippen molar-refractivity contribution in [3.05, 3.63) is 65.8 Å². The van der Waals surface area contributed by atoms with E-state index < -0.39 is 0 Å². The second-order valence-corrected chi connectivity index (χ2v) is 4.62. The second kappa shape index (κ2) is 5.75. The first-order chi connectivity index (χ1) is 10.2. The number of rotatable bonds is 4. The van der Waals surface area contributed by atoms with Crippen molar-refractivity contribution in [2.45, 2.75) is 13.5 Å². The van der Waals surface area contributed by atoms with Gasteiger partial charge in [0.2, 0.25) is 5.82 Å². The summed E-state index contributed by atoms with van der Waals surface area (Å²) in [6.45, 7) is 2.20. The predicted octanol–water partition coefficient (Wildman–Crippen LogP) is 3.76. The Morgan fingerprint density at radius 3 is 2.48 bits per heavy atom. The van der Waals surface area contributed by atoms with Gasteiger partial charge < -0.3 is 9.26 Å². The van der Waals surface area contributed by atoms with Crippen molar-refractivity contribution in [1.82, 2.24) is 10.1 Å². The van der Waals surface area contributed by atoms with Gasteiger partial charge in [0.05, 0.1) is 0 Å². The van der Waals surface area contributed by atoms with Crippen molar-refractivity contribution in [2.75, 3.05) is 0 Å². The minimum atomic E-state index is -0.301. The molecule has 2 aromatic carbocycles. The minimum absolute atomic E-state index is 0.192. The summed E-state index contributed by atoms with van der Waals surface area (Å²) >= 11 is 0. The average molecular weight is 284 g/mol. The van der Waals surface area contributed by atoms with Gasteiger partial charge in [-0.1, -0.05) is 22.9 Å². The smallest absolute Gasteiger partial charge is 0.264 e. The highest BCUT2D eigenvalue weighted by molar-refractivity contribution is 5.53. The molecule has 4 nitrogen and oxygen atoms in total. The fourth-order valence-corrected chi connectivity index (χ4v) is 1.81. The highest BCUT2D eigenvalue weighted by Crippen LogP contribution is 2.17. The van der Waals surface area contributed by atoms with Crippen LogP contribution in [0.15, 0.2) is 53.1 Å². The largest absolute Gasteiger partial charge is 0.484 e. The quantitative estimate of drug-likeness (QED) is 0.732. The third kappa shape index (κ3) is 3.25. The lowest BCUT2D eigenvalue weighted by atomic mass is 10.2. The van der Waals surface area contributed by atoms with E-state index in [2.05, 4.69) is 10.1 Å². The van der Waals surface area contributed by atoms with Crippen LogP contribution in [0.4, 0.5) is 4.39 Å². The molecule has 0 fully saturated rings. The van der Waals surface area contributed by atoms with Gasteiger partial charge in [0.15, 0.2) is 6.61 Å². The molecular formula is C16H13FN2O2. The Morgan fingerprint density at radius 2 is 1.76 bits per heavy atom. The Balaban J connectivity index is 1.67. The Morgan fingerprint density at radius 1 is 1.05 bits per heavy atom. The second-order valence-electron chi connectivity index (χ2n) is 4.62. The van der Waals surface area contributed by atoms with Crippen molar-refractivity contribution in [3.63, 3.8) is 0 Å². The molecule has 0 aliphatic rings. The van der Waals surface area contributed by atoms with Crippen molar-refractivity contribution < 1.29 is 13.7 Å². The van der Waals surface area contributed by atoms with Gasteiger partial charge >= 0.3 is 0 Å². The standard InChI is InChI=1S/C16H13FN2O2/c1-11-2-8-14(9-3-11)20-10-15-18-16(19-21-15)12-4-6-13(17)7-5-12/h2-9H,10H2,1H3. The molecule has 1 heterocycles. The predicted molar refractivity (Wildman–Crippen MR) is 75.2 cm³/mol. The van der Waals surface area contributed by atoms with E-state index in [1.54, 1.807) is 12.1 Å². The molecule has 106 valence electrons. The maximum absolute atomic E-state index is 12.9. The molecule has 5 heteroatoms. The lowest BCUT2D eigenvalue weighted by Crippen LogP contribution is -1.95. The zero-order valence-corrected chi connectivity index (χ0v) is 11.4. The summed E-state index contributed by atoms with van der Waals surface area (Å²) in [5.41, 5.74) is 1.86. The van der Waals surface area contributed by atoms with Gasteiger partial charge in [-0.05, 0) is 43.3 Å². The summed E-state index contributed by atoms with van der Waals surface area (Å²) in [7, 11) is 0. The van der Waals surface area contributed by atoms with Crippen LogP contribution in [0, 0.1) is 12.7 Å². The number of hydrogen-bond donors (Lipinski definition) is 0. The van der Waals surface area contributed by atoms with Crippen LogP contribution < -0.4 is 4.74 Å². The first-order valence-corrected chi connectivity index (χ1v) is 6.49. The van der Waals surface area contributed by atoms with Gasteiger partial charge in [0.25, 0.3) is 5.89 Å². The molecule has 0 bridgehead atoms. The van der Waals surface area contributed by atoms with E-state index in [0.29, 0.717) is 17.3 Å². The first-order valence-electron chi connectivity index (χ1n) is 6.49. The zero-order valence-electron chi connectivity index (χ0n) is 11.4. The lowest BCUT2D eigenvalue weighted by molar-refractivity contribution is 0.243. The number of benzene rings is 2. The minimum Gasteiger partial charge on any atom is -0.484 e. The highest BCUT2D eigenvalue weighted by atomic mass is 19.1. The van der Waals surface area contributed by atoms with Crippen LogP contribution in [0.2, 0.25) is 0 Å². The normalized spacial score (nSPS) is 10.6. The van der Waals surface area contributed by atoms with E-state index in [9.17, 15) is 4.39 Å². The van der Waals surface area contributed by atoms with Gasteiger partial charge in [-0.2, -0.15) is 4.98 Å². The van der Waals surface area contributed by atoms with Gasteiger partial charge in [-0.25, -0.2) is 4.39 Å². The Bertz CT molecular complexity index is 721. The topological polar surface area (TPSA) is 48.2 Å². The van der Waals surface area contributed by atoms with Crippen molar-refractivity contribution in [1.29, 1.82) is 0 Å². The van der Waals surface area contributed by atoms with Gasteiger partial charge in [-0.3, -0.25) is 0 Å². The van der Waals surface area contributed by atoms with Crippen molar-refractivity contribution in [3.8, 4) is 17.1 Å². The summed E-state index contributed by atoms with van der Waals surface area (Å²) in [4.78, 5) is 4.22. The van der Waals surface area contributed by atoms with Crippen molar-refractivity contribution >= 4 is 0 Å². The van der Waals surface area contributed by atoms with E-state index in [0.717, 1.165) is 5.75 Å². The molecule has 0 atom stereocenters.